The number of aromatic nitrogens is 5. The number of hydrogen-bond donors (Lipinski definition) is 3. The van der Waals surface area contributed by atoms with Gasteiger partial charge in [-0.3, -0.25) is 14.4 Å². The second-order valence-electron chi connectivity index (χ2n) is 9.33. The average molecular weight is 610 g/mol. The number of oxime groups is 1. The van der Waals surface area contributed by atoms with Crippen molar-refractivity contribution >= 4 is 63.5 Å². The molecule has 0 aliphatic carbocycles. The van der Waals surface area contributed by atoms with Crippen LogP contribution in [0.5, 0.6) is 0 Å². The highest BCUT2D eigenvalue weighted by atomic mass is 32.2. The molecule has 2 aromatic rings. The van der Waals surface area contributed by atoms with E-state index in [4.69, 9.17) is 10.6 Å². The Labute approximate surface area is 243 Å². The number of nitrogens with one attached hydrogen (secondary N) is 1. The van der Waals surface area contributed by atoms with Gasteiger partial charge in [-0.05, 0) is 23.3 Å². The molecule has 0 bridgehead atoms. The Kier molecular flexibility index (Phi) is 10.0. The first-order valence-electron chi connectivity index (χ1n) is 12.7. The number of carboxylic acids is 1. The molecule has 2 aromatic heterocycles. The van der Waals surface area contributed by atoms with Crippen molar-refractivity contribution in [2.45, 2.75) is 55.7 Å². The van der Waals surface area contributed by atoms with Crippen molar-refractivity contribution in [2.24, 2.45) is 10.6 Å². The topological polar surface area (TPSA) is 191 Å². The highest BCUT2D eigenvalue weighted by Crippen LogP contribution is 2.44. The van der Waals surface area contributed by atoms with Gasteiger partial charge < -0.3 is 25.9 Å². The number of allylic oxidation sites excluding steroid dienone is 1. The molecular formula is C23H31N9O5S3. The van der Waals surface area contributed by atoms with Gasteiger partial charge in [-0.25, -0.2) is 9.67 Å². The van der Waals surface area contributed by atoms with Crippen molar-refractivity contribution in [3.8, 4) is 0 Å². The molecule has 40 heavy (non-hydrogen) atoms. The predicted molar refractivity (Wildman–Crippen MR) is 152 cm³/mol. The summed E-state index contributed by atoms with van der Waals surface area (Å²) in [5, 5.41) is 30.3. The van der Waals surface area contributed by atoms with Crippen LogP contribution in [-0.4, -0.2) is 94.8 Å². The molecule has 2 unspecified atom stereocenters. The fourth-order valence-electron chi connectivity index (χ4n) is 4.16. The normalized spacial score (nSPS) is 22.4. The molecule has 4 N–H and O–H groups in total. The second-order valence-corrected chi connectivity index (χ2v) is 12.3. The number of unbranched alkanes of at least 4 members (excludes halogenated alkanes) is 3. The summed E-state index contributed by atoms with van der Waals surface area (Å²) in [6.45, 7) is 6.52. The van der Waals surface area contributed by atoms with Gasteiger partial charge in [-0.1, -0.05) is 42.8 Å². The van der Waals surface area contributed by atoms with Gasteiger partial charge in [0, 0.05) is 23.4 Å². The van der Waals surface area contributed by atoms with Crippen molar-refractivity contribution in [1.29, 1.82) is 0 Å². The van der Waals surface area contributed by atoms with Crippen LogP contribution < -0.4 is 11.1 Å². The monoisotopic (exact) mass is 609 g/mol. The lowest BCUT2D eigenvalue weighted by molar-refractivity contribution is -0.157. The molecule has 2 aliphatic heterocycles. The van der Waals surface area contributed by atoms with Crippen LogP contribution in [0.15, 0.2) is 28.3 Å². The number of carbonyl (C=O) groups is 3. The summed E-state index contributed by atoms with van der Waals surface area (Å²) in [7, 11) is 0. The van der Waals surface area contributed by atoms with E-state index in [2.05, 4.69) is 44.5 Å². The number of amides is 2. The molecule has 17 heteroatoms. The Bertz CT molecular complexity index is 1270. The number of carbonyl (C=O) groups excluding carboxylic acids is 2. The van der Waals surface area contributed by atoms with Gasteiger partial charge in [0.25, 0.3) is 5.91 Å². The maximum absolute atomic E-state index is 13.2. The number of nitrogens with two attached hydrogens (primary N) is 1. The van der Waals surface area contributed by atoms with Crippen molar-refractivity contribution < 1.29 is 24.3 Å². The molecule has 2 aliphatic rings. The zero-order valence-electron chi connectivity index (χ0n) is 21.9. The molecule has 4 heterocycles. The fourth-order valence-corrected chi connectivity index (χ4v) is 7.45. The lowest BCUT2D eigenvalue weighted by Gasteiger charge is -2.53. The minimum absolute atomic E-state index is 0.00562. The molecule has 0 aromatic carbocycles. The van der Waals surface area contributed by atoms with Crippen LogP contribution in [0.3, 0.4) is 0 Å². The first-order chi connectivity index (χ1) is 19.3. The van der Waals surface area contributed by atoms with E-state index < -0.39 is 28.7 Å². The van der Waals surface area contributed by atoms with Gasteiger partial charge >= 0.3 is 5.97 Å². The molecule has 216 valence electrons. The fraction of sp³-hybridized carbons (Fsp3) is 0.565. The van der Waals surface area contributed by atoms with Gasteiger partial charge in [0.05, 0.1) is 6.54 Å². The number of aliphatic carboxylic acids is 1. The number of hydrogen-bond acceptors (Lipinski definition) is 13. The lowest BCUT2D eigenvalue weighted by Crippen LogP contribution is -2.74. The maximum Gasteiger partial charge on any atom is 0.313 e. The third-order valence-corrected chi connectivity index (χ3v) is 9.90. The van der Waals surface area contributed by atoms with E-state index >= 15 is 0 Å². The summed E-state index contributed by atoms with van der Waals surface area (Å²) in [6, 6.07) is -0.831. The van der Waals surface area contributed by atoms with Gasteiger partial charge in [-0.2, -0.15) is 0 Å². The number of anilines is 1. The van der Waals surface area contributed by atoms with Crippen molar-refractivity contribution in [3.63, 3.8) is 0 Å². The number of β-lactam (4-membered cyclic amide) rings is 1. The summed E-state index contributed by atoms with van der Waals surface area (Å²) in [6.07, 6.45) is 5.60. The molecule has 2 amide bonds. The van der Waals surface area contributed by atoms with Crippen LogP contribution in [-0.2, 0) is 25.8 Å². The molecule has 14 nitrogen and oxygen atoms in total. The summed E-state index contributed by atoms with van der Waals surface area (Å²) in [5.41, 5.74) is 4.73. The van der Waals surface area contributed by atoms with Crippen LogP contribution in [0.4, 0.5) is 5.13 Å². The molecule has 0 saturated carbocycles. The standard InChI is InChI=1S/C23H31N9O5S3/c1-3-5-6-7-9-37-28-15(14-10-38-21(24)25-14)17(33)26-16-18(34)31-11-23(20(35)36,12-39-19(16)31)13-40-22-27-29-30-32(22)8-4-2/h4,10,16,19H,2-3,5-9,11-13H2,1H3,(H2,24,25)(H,26,33)(H,35,36)/t16?,19-,23?/m1/s1. The largest absolute Gasteiger partial charge is 0.481 e. The maximum atomic E-state index is 13.2. The highest BCUT2D eigenvalue weighted by Gasteiger charge is 2.57. The van der Waals surface area contributed by atoms with E-state index in [0.717, 1.165) is 37.0 Å². The Morgan fingerprint density at radius 2 is 2.25 bits per heavy atom. The van der Waals surface area contributed by atoms with Crippen LogP contribution >= 0.6 is 34.9 Å². The van der Waals surface area contributed by atoms with Crippen LogP contribution in [0.25, 0.3) is 0 Å². The average Bonchev–Trinajstić information content (AvgIpc) is 3.58. The third kappa shape index (κ3) is 6.58. The quantitative estimate of drug-likeness (QED) is 0.0659. The third-order valence-electron chi connectivity index (χ3n) is 6.39. The number of thiazole rings is 1. The van der Waals surface area contributed by atoms with E-state index in [1.54, 1.807) is 11.5 Å². The second kappa shape index (κ2) is 13.5. The minimum atomic E-state index is -1.21. The Morgan fingerprint density at radius 3 is 2.95 bits per heavy atom. The number of nitrogen functional groups attached to an aromatic ring is 1. The highest BCUT2D eigenvalue weighted by molar-refractivity contribution is 8.00. The Hall–Kier alpha value is -3.18. The molecule has 0 radical (unpaired) electrons. The smallest absolute Gasteiger partial charge is 0.313 e. The minimum Gasteiger partial charge on any atom is -0.481 e. The SMILES string of the molecule is C=CCn1nnnc1SCC1(C(=O)O)CS[C@@H]2C(NC(=O)C(=NOCCCCCC)c3csc(N)n3)C(=O)N2C1. The number of thioether (sulfide) groups is 2. The van der Waals surface area contributed by atoms with Gasteiger partial charge in [0.1, 0.15) is 29.1 Å². The predicted octanol–water partition coefficient (Wildman–Crippen LogP) is 1.46. The van der Waals surface area contributed by atoms with Crippen molar-refractivity contribution in [2.75, 3.05) is 30.4 Å². The summed E-state index contributed by atoms with van der Waals surface area (Å²) in [4.78, 5) is 49.7. The zero-order chi connectivity index (χ0) is 28.7. The van der Waals surface area contributed by atoms with E-state index in [-0.39, 0.29) is 40.5 Å². The number of rotatable bonds is 15. The lowest BCUT2D eigenvalue weighted by atomic mass is 9.89. The summed E-state index contributed by atoms with van der Waals surface area (Å²) >= 11 is 3.69. The number of carboxylic acid groups (broad SMARTS) is 1. The molecule has 0 spiro atoms. The summed E-state index contributed by atoms with van der Waals surface area (Å²) in [5.74, 6) is -1.59. The van der Waals surface area contributed by atoms with E-state index in [0.29, 0.717) is 18.3 Å². The van der Waals surface area contributed by atoms with Crippen LogP contribution in [0, 0.1) is 5.41 Å². The molecule has 3 atom stereocenters. The van der Waals surface area contributed by atoms with Gasteiger partial charge in [-0.15, -0.1) is 34.8 Å². The zero-order valence-corrected chi connectivity index (χ0v) is 24.3. The summed E-state index contributed by atoms with van der Waals surface area (Å²) < 4.78 is 1.52. The van der Waals surface area contributed by atoms with Gasteiger partial charge in [0.15, 0.2) is 10.8 Å². The molecular weight excluding hydrogens is 579 g/mol. The number of nitrogens with zero attached hydrogens (tertiary/aromatic N) is 7. The van der Waals surface area contributed by atoms with Crippen LogP contribution in [0.2, 0.25) is 0 Å². The molecule has 4 rings (SSSR count). The number of fused-ring (bicyclic) bond motifs is 1. The van der Waals surface area contributed by atoms with Crippen molar-refractivity contribution in [3.05, 3.63) is 23.7 Å². The Morgan fingerprint density at radius 1 is 1.43 bits per heavy atom. The van der Waals surface area contributed by atoms with Gasteiger partial charge in [0.2, 0.25) is 11.1 Å². The first-order valence-corrected chi connectivity index (χ1v) is 15.6. The van der Waals surface area contributed by atoms with E-state index in [1.807, 2.05) is 0 Å². The molecule has 2 fully saturated rings. The van der Waals surface area contributed by atoms with E-state index in [9.17, 15) is 19.5 Å². The van der Waals surface area contributed by atoms with E-state index in [1.165, 1.54) is 33.1 Å². The Balaban J connectivity index is 1.39. The van der Waals surface area contributed by atoms with Crippen molar-refractivity contribution in [1.82, 2.24) is 35.4 Å². The van der Waals surface area contributed by atoms with Crippen LogP contribution in [0.1, 0.15) is 38.3 Å². The first kappa shape index (κ1) is 29.8. The molecule has 2 saturated heterocycles. The number of tetrazole rings is 1.